The number of nitrogens with one attached hydrogen (secondary N) is 1. The summed E-state index contributed by atoms with van der Waals surface area (Å²) in [6.45, 7) is 6.63. The van der Waals surface area contributed by atoms with Crippen molar-refractivity contribution in [1.82, 2.24) is 0 Å². The van der Waals surface area contributed by atoms with Gasteiger partial charge in [-0.2, -0.15) is 5.26 Å². The summed E-state index contributed by atoms with van der Waals surface area (Å²) in [6.07, 6.45) is 1.53. The second kappa shape index (κ2) is 11.9. The van der Waals surface area contributed by atoms with Crippen LogP contribution in [0.3, 0.4) is 0 Å². The Bertz CT molecular complexity index is 1280. The molecule has 1 amide bonds. The molecule has 7 heteroatoms. The molecule has 0 saturated heterocycles. The first-order valence-electron chi connectivity index (χ1n) is 10.6. The molecule has 0 saturated carbocycles. The molecule has 0 heterocycles. The van der Waals surface area contributed by atoms with Crippen molar-refractivity contribution in [2.75, 3.05) is 11.9 Å². The number of aryl methyl sites for hydroxylation is 2. The molecule has 0 fully saturated rings. The molecule has 3 rings (SSSR count). The molecule has 34 heavy (non-hydrogen) atoms. The second-order valence-electron chi connectivity index (χ2n) is 7.57. The highest BCUT2D eigenvalue weighted by Gasteiger charge is 2.15. The van der Waals surface area contributed by atoms with E-state index >= 15 is 0 Å². The zero-order valence-corrected chi connectivity index (χ0v) is 22.3. The summed E-state index contributed by atoms with van der Waals surface area (Å²) in [5.74, 6) is 0.587. The third kappa shape index (κ3) is 6.49. The number of hydrogen-bond acceptors (Lipinski definition) is 4. The molecule has 0 atom stereocenters. The number of ether oxygens (including phenoxy) is 2. The van der Waals surface area contributed by atoms with Gasteiger partial charge in [0.25, 0.3) is 5.91 Å². The number of rotatable bonds is 8. The van der Waals surface area contributed by atoms with Crippen LogP contribution in [0.4, 0.5) is 5.69 Å². The Labute approximate surface area is 216 Å². The number of nitriles is 1. The lowest BCUT2D eigenvalue weighted by Gasteiger charge is -2.15. The maximum atomic E-state index is 12.7. The summed E-state index contributed by atoms with van der Waals surface area (Å²) in [5.41, 5.74) is 4.44. The predicted octanol–water partition coefficient (Wildman–Crippen LogP) is 7.35. The van der Waals surface area contributed by atoms with Crippen molar-refractivity contribution in [2.24, 2.45) is 0 Å². The van der Waals surface area contributed by atoms with Gasteiger partial charge >= 0.3 is 0 Å². The van der Waals surface area contributed by atoms with E-state index in [0.29, 0.717) is 40.4 Å². The highest BCUT2D eigenvalue weighted by molar-refractivity contribution is 9.10. The number of amides is 1. The minimum atomic E-state index is -0.478. The molecule has 3 aromatic carbocycles. The lowest BCUT2D eigenvalue weighted by atomic mass is 10.1. The first-order valence-corrected chi connectivity index (χ1v) is 12.2. The Kier molecular flexibility index (Phi) is 8.91. The molecule has 0 radical (unpaired) electrons. The van der Waals surface area contributed by atoms with E-state index in [1.54, 1.807) is 12.1 Å². The van der Waals surface area contributed by atoms with Gasteiger partial charge in [-0.1, -0.05) is 40.2 Å². The van der Waals surface area contributed by atoms with Crippen LogP contribution in [0, 0.1) is 25.2 Å². The topological polar surface area (TPSA) is 71.3 Å². The van der Waals surface area contributed by atoms with Crippen LogP contribution in [-0.4, -0.2) is 12.5 Å². The number of hydrogen-bond donors (Lipinski definition) is 1. The average molecular weight is 584 g/mol. The van der Waals surface area contributed by atoms with Gasteiger partial charge in [0, 0.05) is 15.7 Å². The van der Waals surface area contributed by atoms with Crippen LogP contribution < -0.4 is 14.8 Å². The van der Waals surface area contributed by atoms with Gasteiger partial charge in [-0.25, -0.2) is 0 Å². The Balaban J connectivity index is 1.86. The zero-order valence-electron chi connectivity index (χ0n) is 19.1. The standard InChI is InChI=1S/C27H24Br2N2O3/c1-4-33-25-14-19(13-24(29)26(25)34-16-20-7-5-6-8-23(20)28)12-21(15-30)27(32)31-22-10-9-17(2)18(3)11-22/h5-14H,4,16H2,1-3H3,(H,31,32)/b21-12+. The fourth-order valence-electron chi connectivity index (χ4n) is 3.17. The highest BCUT2D eigenvalue weighted by Crippen LogP contribution is 2.38. The molecule has 0 unspecified atom stereocenters. The summed E-state index contributed by atoms with van der Waals surface area (Å²) in [4.78, 5) is 12.7. The van der Waals surface area contributed by atoms with E-state index in [4.69, 9.17) is 9.47 Å². The number of carbonyl (C=O) groups is 1. The van der Waals surface area contributed by atoms with Gasteiger partial charge in [-0.15, -0.1) is 0 Å². The summed E-state index contributed by atoms with van der Waals surface area (Å²) in [6, 6.07) is 19.0. The summed E-state index contributed by atoms with van der Waals surface area (Å²) < 4.78 is 13.5. The van der Waals surface area contributed by atoms with E-state index in [-0.39, 0.29) is 5.57 Å². The van der Waals surface area contributed by atoms with Gasteiger partial charge in [0.15, 0.2) is 11.5 Å². The van der Waals surface area contributed by atoms with Crippen molar-refractivity contribution in [3.05, 3.63) is 91.4 Å². The van der Waals surface area contributed by atoms with Crippen molar-refractivity contribution >= 4 is 49.5 Å². The summed E-state index contributed by atoms with van der Waals surface area (Å²) >= 11 is 7.08. The third-order valence-corrected chi connectivity index (χ3v) is 6.47. The molecule has 174 valence electrons. The van der Waals surface area contributed by atoms with Crippen LogP contribution in [0.15, 0.2) is 69.1 Å². The number of halogens is 2. The molecule has 1 N–H and O–H groups in total. The monoisotopic (exact) mass is 582 g/mol. The predicted molar refractivity (Wildman–Crippen MR) is 142 cm³/mol. The highest BCUT2D eigenvalue weighted by atomic mass is 79.9. The van der Waals surface area contributed by atoms with Crippen LogP contribution >= 0.6 is 31.9 Å². The Morgan fingerprint density at radius 2 is 1.79 bits per heavy atom. The van der Waals surface area contributed by atoms with Gasteiger partial charge in [-0.3, -0.25) is 4.79 Å². The van der Waals surface area contributed by atoms with Gasteiger partial charge in [0.1, 0.15) is 18.2 Å². The van der Waals surface area contributed by atoms with Gasteiger partial charge in [0.2, 0.25) is 0 Å². The van der Waals surface area contributed by atoms with Crippen LogP contribution in [-0.2, 0) is 11.4 Å². The normalized spacial score (nSPS) is 11.0. The second-order valence-corrected chi connectivity index (χ2v) is 9.27. The molecule has 0 spiro atoms. The summed E-state index contributed by atoms with van der Waals surface area (Å²) in [5, 5.41) is 12.4. The van der Waals surface area contributed by atoms with Crippen molar-refractivity contribution < 1.29 is 14.3 Å². The Morgan fingerprint density at radius 1 is 1.03 bits per heavy atom. The van der Waals surface area contributed by atoms with Gasteiger partial charge in [-0.05, 0) is 89.8 Å². The smallest absolute Gasteiger partial charge is 0.266 e. The van der Waals surface area contributed by atoms with E-state index in [9.17, 15) is 10.1 Å². The zero-order chi connectivity index (χ0) is 24.7. The van der Waals surface area contributed by atoms with E-state index < -0.39 is 5.91 Å². The van der Waals surface area contributed by atoms with Crippen LogP contribution in [0.5, 0.6) is 11.5 Å². The number of benzene rings is 3. The summed E-state index contributed by atoms with van der Waals surface area (Å²) in [7, 11) is 0. The molecular weight excluding hydrogens is 560 g/mol. The van der Waals surface area contributed by atoms with Gasteiger partial charge < -0.3 is 14.8 Å². The molecule has 0 aliphatic rings. The van der Waals surface area contributed by atoms with Crippen molar-refractivity contribution in [3.63, 3.8) is 0 Å². The molecule has 0 aromatic heterocycles. The fraction of sp³-hybridized carbons (Fsp3) is 0.185. The van der Waals surface area contributed by atoms with Gasteiger partial charge in [0.05, 0.1) is 11.1 Å². The maximum absolute atomic E-state index is 12.7. The average Bonchev–Trinajstić information content (AvgIpc) is 2.80. The number of carbonyl (C=O) groups excluding carboxylic acids is 1. The Hall–Kier alpha value is -3.08. The van der Waals surface area contributed by atoms with E-state index in [0.717, 1.165) is 21.2 Å². The van der Waals surface area contributed by atoms with E-state index in [2.05, 4.69) is 37.2 Å². The minimum absolute atomic E-state index is 0.0190. The number of nitrogens with zero attached hydrogens (tertiary/aromatic N) is 1. The van der Waals surface area contributed by atoms with Crippen LogP contribution in [0.1, 0.15) is 29.2 Å². The first kappa shape index (κ1) is 25.5. The maximum Gasteiger partial charge on any atom is 0.266 e. The van der Waals surface area contributed by atoms with Crippen molar-refractivity contribution in [2.45, 2.75) is 27.4 Å². The number of anilines is 1. The quantitative estimate of drug-likeness (QED) is 0.222. The first-order chi connectivity index (χ1) is 16.3. The van der Waals surface area contributed by atoms with E-state index in [1.165, 1.54) is 6.08 Å². The molecule has 3 aromatic rings. The molecular formula is C27H24Br2N2O3. The lowest BCUT2D eigenvalue weighted by Crippen LogP contribution is -2.13. The van der Waals surface area contributed by atoms with Crippen molar-refractivity contribution in [3.8, 4) is 17.6 Å². The molecule has 5 nitrogen and oxygen atoms in total. The van der Waals surface area contributed by atoms with E-state index in [1.807, 2.05) is 69.3 Å². The van der Waals surface area contributed by atoms with Crippen LogP contribution in [0.2, 0.25) is 0 Å². The fourth-order valence-corrected chi connectivity index (χ4v) is 4.15. The lowest BCUT2D eigenvalue weighted by molar-refractivity contribution is -0.112. The third-order valence-electron chi connectivity index (χ3n) is 5.10. The minimum Gasteiger partial charge on any atom is -0.490 e. The van der Waals surface area contributed by atoms with Crippen molar-refractivity contribution in [1.29, 1.82) is 5.26 Å². The molecule has 0 aliphatic heterocycles. The van der Waals surface area contributed by atoms with Crippen LogP contribution in [0.25, 0.3) is 6.08 Å². The molecule has 0 aliphatic carbocycles. The largest absolute Gasteiger partial charge is 0.490 e. The Morgan fingerprint density at radius 3 is 2.47 bits per heavy atom. The molecule has 0 bridgehead atoms. The SMILES string of the molecule is CCOc1cc(/C=C(\C#N)C(=O)Nc2ccc(C)c(C)c2)cc(Br)c1OCc1ccccc1Br.